The first-order chi connectivity index (χ1) is 15.0. The first-order valence-corrected chi connectivity index (χ1v) is 11.9. The second-order valence-electron chi connectivity index (χ2n) is 8.37. The van der Waals surface area contributed by atoms with Gasteiger partial charge in [0.15, 0.2) is 0 Å². The van der Waals surface area contributed by atoms with Crippen molar-refractivity contribution in [2.75, 3.05) is 11.9 Å². The van der Waals surface area contributed by atoms with E-state index in [1.165, 1.54) is 16.2 Å². The van der Waals surface area contributed by atoms with Crippen molar-refractivity contribution < 1.29 is 14.4 Å². The minimum Gasteiger partial charge on any atom is -0.300 e. The van der Waals surface area contributed by atoms with Crippen LogP contribution in [0.4, 0.5) is 5.13 Å². The van der Waals surface area contributed by atoms with E-state index >= 15 is 0 Å². The molecule has 0 saturated heterocycles. The maximum atomic E-state index is 13.1. The van der Waals surface area contributed by atoms with Crippen LogP contribution in [0, 0.1) is 11.8 Å². The molecule has 1 aromatic heterocycles. The van der Waals surface area contributed by atoms with Crippen molar-refractivity contribution in [1.82, 2.24) is 15.1 Å². The number of carbonyl (C=O) groups excluding carboxylic acids is 3. The van der Waals surface area contributed by atoms with Gasteiger partial charge < -0.3 is 5.32 Å². The molecular weight excluding hydrogens is 412 g/mol. The number of amides is 3. The van der Waals surface area contributed by atoms with Gasteiger partial charge in [0.05, 0.1) is 11.1 Å². The van der Waals surface area contributed by atoms with Crippen molar-refractivity contribution in [3.63, 3.8) is 0 Å². The van der Waals surface area contributed by atoms with E-state index in [1.807, 2.05) is 0 Å². The number of fused-ring (bicyclic) bond motifs is 1. The lowest BCUT2D eigenvalue weighted by Crippen LogP contribution is -2.41. The molecule has 4 rings (SSSR count). The van der Waals surface area contributed by atoms with Crippen LogP contribution in [-0.4, -0.2) is 39.4 Å². The first kappa shape index (κ1) is 21.6. The molecular formula is C23H28N4O3S. The van der Waals surface area contributed by atoms with Gasteiger partial charge in [-0.1, -0.05) is 50.2 Å². The van der Waals surface area contributed by atoms with Gasteiger partial charge in [0.2, 0.25) is 11.0 Å². The lowest BCUT2D eigenvalue weighted by molar-refractivity contribution is -0.122. The number of hydrogen-bond acceptors (Lipinski definition) is 6. The van der Waals surface area contributed by atoms with Crippen molar-refractivity contribution in [3.05, 3.63) is 40.4 Å². The van der Waals surface area contributed by atoms with Crippen LogP contribution in [0.2, 0.25) is 0 Å². The molecule has 2 aromatic rings. The molecule has 1 N–H and O–H groups in total. The molecule has 7 nitrogen and oxygen atoms in total. The Kier molecular flexibility index (Phi) is 6.46. The fourth-order valence-electron chi connectivity index (χ4n) is 4.70. The Morgan fingerprint density at radius 2 is 1.74 bits per heavy atom. The molecule has 1 fully saturated rings. The minimum atomic E-state index is -0.260. The molecule has 164 valence electrons. The second-order valence-corrected chi connectivity index (χ2v) is 9.37. The predicted molar refractivity (Wildman–Crippen MR) is 119 cm³/mol. The van der Waals surface area contributed by atoms with Crippen LogP contribution in [0.1, 0.15) is 84.0 Å². The van der Waals surface area contributed by atoms with Gasteiger partial charge >= 0.3 is 0 Å². The van der Waals surface area contributed by atoms with Crippen LogP contribution >= 0.6 is 11.3 Å². The van der Waals surface area contributed by atoms with Crippen molar-refractivity contribution in [2.24, 2.45) is 11.8 Å². The van der Waals surface area contributed by atoms with E-state index in [2.05, 4.69) is 29.4 Å². The summed E-state index contributed by atoms with van der Waals surface area (Å²) in [6.07, 6.45) is 5.51. The zero-order valence-electron chi connectivity index (χ0n) is 18.0. The number of carbonyl (C=O) groups is 3. The van der Waals surface area contributed by atoms with Gasteiger partial charge in [0.25, 0.3) is 11.8 Å². The predicted octanol–water partition coefficient (Wildman–Crippen LogP) is 4.48. The fraction of sp³-hybridized carbons (Fsp3) is 0.522. The van der Waals surface area contributed by atoms with Gasteiger partial charge in [-0.15, -0.1) is 10.2 Å². The average molecular weight is 441 g/mol. The highest BCUT2D eigenvalue weighted by Crippen LogP contribution is 2.35. The summed E-state index contributed by atoms with van der Waals surface area (Å²) in [4.78, 5) is 39.9. The Morgan fingerprint density at radius 3 is 2.39 bits per heavy atom. The van der Waals surface area contributed by atoms with Crippen molar-refractivity contribution in [3.8, 4) is 0 Å². The third-order valence-corrected chi connectivity index (χ3v) is 7.55. The second kappa shape index (κ2) is 9.26. The molecule has 0 spiro atoms. The molecule has 2 unspecified atom stereocenters. The number of rotatable bonds is 7. The normalized spacial score (nSPS) is 20.9. The smallest absolute Gasteiger partial charge is 0.261 e. The molecule has 1 saturated carbocycles. The number of anilines is 1. The first-order valence-electron chi connectivity index (χ1n) is 11.1. The summed E-state index contributed by atoms with van der Waals surface area (Å²) < 4.78 is 0. The number of aromatic nitrogens is 2. The maximum absolute atomic E-state index is 13.1. The van der Waals surface area contributed by atoms with E-state index < -0.39 is 0 Å². The molecule has 8 heteroatoms. The molecule has 2 aliphatic rings. The van der Waals surface area contributed by atoms with E-state index in [0.29, 0.717) is 22.2 Å². The summed E-state index contributed by atoms with van der Waals surface area (Å²) in [5, 5.41) is 12.8. The summed E-state index contributed by atoms with van der Waals surface area (Å²) >= 11 is 1.44. The third-order valence-electron chi connectivity index (χ3n) is 6.55. The average Bonchev–Trinajstić information content (AvgIpc) is 3.34. The van der Waals surface area contributed by atoms with E-state index in [-0.39, 0.29) is 36.1 Å². The molecule has 31 heavy (non-hydrogen) atoms. The number of nitrogens with zero attached hydrogens (tertiary/aromatic N) is 3. The molecule has 1 aromatic carbocycles. The highest BCUT2D eigenvalue weighted by Gasteiger charge is 2.40. The molecule has 1 aliphatic carbocycles. The maximum Gasteiger partial charge on any atom is 0.261 e. The van der Waals surface area contributed by atoms with E-state index in [0.717, 1.165) is 43.5 Å². The Bertz CT molecular complexity index is 950. The molecule has 0 radical (unpaired) electrons. The number of hydrogen-bond donors (Lipinski definition) is 1. The van der Waals surface area contributed by atoms with Crippen LogP contribution in [0.15, 0.2) is 24.3 Å². The van der Waals surface area contributed by atoms with Crippen LogP contribution in [-0.2, 0) is 4.79 Å². The molecule has 1 aliphatic heterocycles. The quantitative estimate of drug-likeness (QED) is 0.641. The van der Waals surface area contributed by atoms with Gasteiger partial charge in [0, 0.05) is 18.4 Å². The fourth-order valence-corrected chi connectivity index (χ4v) is 5.71. The largest absolute Gasteiger partial charge is 0.300 e. The van der Waals surface area contributed by atoms with Gasteiger partial charge in [-0.2, -0.15) is 0 Å². The molecule has 2 heterocycles. The van der Waals surface area contributed by atoms with Gasteiger partial charge in [-0.25, -0.2) is 0 Å². The Balaban J connectivity index is 1.45. The zero-order chi connectivity index (χ0) is 22.0. The van der Waals surface area contributed by atoms with Crippen LogP contribution in [0.5, 0.6) is 0 Å². The molecule has 0 bridgehead atoms. The Morgan fingerprint density at radius 1 is 1.10 bits per heavy atom. The summed E-state index contributed by atoms with van der Waals surface area (Å²) in [6, 6.07) is 6.91. The van der Waals surface area contributed by atoms with Crippen molar-refractivity contribution in [1.29, 1.82) is 0 Å². The minimum absolute atomic E-state index is 0.0533. The highest BCUT2D eigenvalue weighted by atomic mass is 32.1. The lowest BCUT2D eigenvalue weighted by atomic mass is 9.78. The zero-order valence-corrected chi connectivity index (χ0v) is 18.8. The van der Waals surface area contributed by atoms with Crippen molar-refractivity contribution in [2.45, 2.75) is 58.3 Å². The topological polar surface area (TPSA) is 92.3 Å². The Hall–Kier alpha value is -2.61. The van der Waals surface area contributed by atoms with E-state index in [1.54, 1.807) is 24.3 Å². The van der Waals surface area contributed by atoms with Crippen molar-refractivity contribution >= 4 is 34.2 Å². The van der Waals surface area contributed by atoms with E-state index in [4.69, 9.17) is 0 Å². The molecule has 3 amide bonds. The van der Waals surface area contributed by atoms with Gasteiger partial charge in [-0.05, 0) is 43.7 Å². The summed E-state index contributed by atoms with van der Waals surface area (Å²) in [5.41, 5.74) is 0.902. The number of imide groups is 1. The van der Waals surface area contributed by atoms with Crippen LogP contribution in [0.25, 0.3) is 0 Å². The monoisotopic (exact) mass is 440 g/mol. The summed E-state index contributed by atoms with van der Waals surface area (Å²) in [6.45, 7) is 4.53. The number of benzene rings is 1. The Labute approximate surface area is 186 Å². The van der Waals surface area contributed by atoms with E-state index in [9.17, 15) is 14.4 Å². The summed E-state index contributed by atoms with van der Waals surface area (Å²) in [5.74, 6) is -0.553. The molecule has 2 atom stereocenters. The number of nitrogens with one attached hydrogen (secondary N) is 1. The standard InChI is InChI=1S/C23H28N4O3S/c1-3-14(4-2)20-25-26-23(31-20)24-19(28)16-10-6-5-9-15(16)13-27-21(29)17-11-7-8-12-18(17)22(27)30/h7-8,11-12,14-16H,3-6,9-10,13H2,1-2H3,(H,24,26,28). The lowest BCUT2D eigenvalue weighted by Gasteiger charge is -2.32. The SMILES string of the molecule is CCC(CC)c1nnc(NC(=O)C2CCCCC2CN2C(=O)c3ccccc3C2=O)s1. The highest BCUT2D eigenvalue weighted by molar-refractivity contribution is 7.15. The third kappa shape index (κ3) is 4.26. The van der Waals surface area contributed by atoms with Gasteiger partial charge in [0.1, 0.15) is 5.01 Å². The van der Waals surface area contributed by atoms with Gasteiger partial charge in [-0.3, -0.25) is 19.3 Å². The van der Waals surface area contributed by atoms with Crippen LogP contribution < -0.4 is 5.32 Å². The van der Waals surface area contributed by atoms with Crippen LogP contribution in [0.3, 0.4) is 0 Å². The summed E-state index contributed by atoms with van der Waals surface area (Å²) in [7, 11) is 0.